The van der Waals surface area contributed by atoms with Crippen LogP contribution in [0.5, 0.6) is 0 Å². The molecule has 2 fully saturated rings. The lowest BCUT2D eigenvalue weighted by atomic mass is 9.84. The van der Waals surface area contributed by atoms with Gasteiger partial charge in [-0.3, -0.25) is 13.9 Å². The Bertz CT molecular complexity index is 852. The minimum absolute atomic E-state index is 0.0125. The number of aromatic nitrogens is 3. The van der Waals surface area contributed by atoms with Crippen LogP contribution >= 0.6 is 0 Å². The summed E-state index contributed by atoms with van der Waals surface area (Å²) in [7, 11) is 1.63. The van der Waals surface area contributed by atoms with Crippen molar-refractivity contribution in [1.29, 1.82) is 0 Å². The largest absolute Gasteiger partial charge is 0.383 e. The van der Waals surface area contributed by atoms with Crippen LogP contribution in [0.25, 0.3) is 11.2 Å². The van der Waals surface area contributed by atoms with Gasteiger partial charge in [-0.15, -0.1) is 0 Å². The number of piperidine rings is 1. The third kappa shape index (κ3) is 2.94. The Labute approximate surface area is 152 Å². The molecule has 0 spiro atoms. The van der Waals surface area contributed by atoms with Gasteiger partial charge < -0.3 is 9.64 Å². The maximum absolute atomic E-state index is 13.1. The predicted molar refractivity (Wildman–Crippen MR) is 98.1 cm³/mol. The summed E-state index contributed by atoms with van der Waals surface area (Å²) in [6.45, 7) is 2.39. The van der Waals surface area contributed by atoms with E-state index in [-0.39, 0.29) is 23.6 Å². The molecule has 0 radical (unpaired) electrons. The number of methoxy groups -OCH3 is 1. The number of nitrogens with zero attached hydrogens (tertiary/aromatic N) is 4. The van der Waals surface area contributed by atoms with Crippen LogP contribution < -0.4 is 5.69 Å². The minimum atomic E-state index is -0.0568. The Kier molecular flexibility index (Phi) is 4.80. The number of amides is 1. The molecule has 1 aliphatic heterocycles. The van der Waals surface area contributed by atoms with E-state index < -0.39 is 0 Å². The molecular formula is C19H26N4O3. The van der Waals surface area contributed by atoms with Crippen LogP contribution in [0, 0.1) is 5.92 Å². The van der Waals surface area contributed by atoms with Gasteiger partial charge in [-0.2, -0.15) is 0 Å². The number of carbonyl (C=O) groups is 1. The average Bonchev–Trinajstić information content (AvgIpc) is 2.90. The lowest BCUT2D eigenvalue weighted by molar-refractivity contribution is -0.139. The van der Waals surface area contributed by atoms with Crippen LogP contribution in [0.15, 0.2) is 23.1 Å². The number of ether oxygens (including phenoxy) is 1. The van der Waals surface area contributed by atoms with E-state index in [0.717, 1.165) is 44.2 Å². The molecule has 1 atom stereocenters. The second kappa shape index (κ2) is 7.23. The van der Waals surface area contributed by atoms with Crippen molar-refractivity contribution in [2.24, 2.45) is 5.92 Å². The number of hydrogen-bond donors (Lipinski definition) is 0. The van der Waals surface area contributed by atoms with Gasteiger partial charge in [0.1, 0.15) is 0 Å². The predicted octanol–water partition coefficient (Wildman–Crippen LogP) is 1.81. The molecule has 0 aromatic carbocycles. The Morgan fingerprint density at radius 2 is 2.15 bits per heavy atom. The summed E-state index contributed by atoms with van der Waals surface area (Å²) in [5.74, 6) is 0.469. The summed E-state index contributed by atoms with van der Waals surface area (Å²) < 4.78 is 8.69. The normalized spacial score (nSPS) is 21.1. The van der Waals surface area contributed by atoms with Crippen molar-refractivity contribution < 1.29 is 9.53 Å². The summed E-state index contributed by atoms with van der Waals surface area (Å²) in [5.41, 5.74) is 1.48. The van der Waals surface area contributed by atoms with Crippen LogP contribution in [-0.4, -0.2) is 51.7 Å². The molecular weight excluding hydrogens is 332 g/mol. The molecule has 2 aliphatic rings. The first kappa shape index (κ1) is 17.3. The number of pyridine rings is 1. The van der Waals surface area contributed by atoms with Crippen molar-refractivity contribution in [1.82, 2.24) is 19.0 Å². The number of fused-ring (bicyclic) bond motifs is 1. The number of hydrogen-bond acceptors (Lipinski definition) is 4. The number of carbonyl (C=O) groups excluding carboxylic acids is 1. The molecule has 0 bridgehead atoms. The van der Waals surface area contributed by atoms with Gasteiger partial charge in [0.15, 0.2) is 5.65 Å². The summed E-state index contributed by atoms with van der Waals surface area (Å²) in [4.78, 5) is 32.2. The molecule has 2 aromatic rings. The third-order valence-corrected chi connectivity index (χ3v) is 5.77. The van der Waals surface area contributed by atoms with Gasteiger partial charge in [0.2, 0.25) is 5.91 Å². The van der Waals surface area contributed by atoms with E-state index >= 15 is 0 Å². The highest BCUT2D eigenvalue weighted by molar-refractivity contribution is 5.79. The fraction of sp³-hybridized carbons (Fsp3) is 0.632. The lowest BCUT2D eigenvalue weighted by Crippen LogP contribution is -2.46. The van der Waals surface area contributed by atoms with Crippen LogP contribution in [-0.2, 0) is 16.1 Å². The van der Waals surface area contributed by atoms with Gasteiger partial charge in [-0.1, -0.05) is 6.42 Å². The topological polar surface area (TPSA) is 69.4 Å². The molecule has 7 heteroatoms. The minimum Gasteiger partial charge on any atom is -0.383 e. The first-order valence-corrected chi connectivity index (χ1v) is 9.54. The van der Waals surface area contributed by atoms with Crippen molar-refractivity contribution in [3.8, 4) is 0 Å². The molecule has 4 rings (SSSR count). The highest BCUT2D eigenvalue weighted by Gasteiger charge is 2.33. The van der Waals surface area contributed by atoms with Crippen LogP contribution in [0.4, 0.5) is 0 Å². The van der Waals surface area contributed by atoms with E-state index in [1.807, 2.05) is 17.0 Å². The fourth-order valence-corrected chi connectivity index (χ4v) is 4.12. The van der Waals surface area contributed by atoms with Crippen LogP contribution in [0.2, 0.25) is 0 Å². The quantitative estimate of drug-likeness (QED) is 0.817. The highest BCUT2D eigenvalue weighted by Crippen LogP contribution is 2.31. The molecule has 26 heavy (non-hydrogen) atoms. The standard InChI is InChI=1S/C19H26N4O3/c1-26-12-11-22-16-8-3-9-20-17(16)23(19(22)25)15-7-4-10-21(13-15)18(24)14-5-2-6-14/h3,8-9,14-15H,2,4-7,10-13H2,1H3/t15-/m0/s1. The molecule has 1 aliphatic carbocycles. The van der Waals surface area contributed by atoms with Gasteiger partial charge in [-0.05, 0) is 37.8 Å². The maximum Gasteiger partial charge on any atom is 0.330 e. The van der Waals surface area contributed by atoms with E-state index in [4.69, 9.17) is 4.74 Å². The zero-order valence-corrected chi connectivity index (χ0v) is 15.3. The van der Waals surface area contributed by atoms with Gasteiger partial charge in [0.25, 0.3) is 0 Å². The van der Waals surface area contributed by atoms with Crippen molar-refractivity contribution >= 4 is 17.1 Å². The Morgan fingerprint density at radius 3 is 2.88 bits per heavy atom. The third-order valence-electron chi connectivity index (χ3n) is 5.77. The van der Waals surface area contributed by atoms with E-state index in [0.29, 0.717) is 25.3 Å². The first-order chi connectivity index (χ1) is 12.7. The van der Waals surface area contributed by atoms with E-state index in [1.54, 1.807) is 22.4 Å². The molecule has 0 unspecified atom stereocenters. The van der Waals surface area contributed by atoms with E-state index in [9.17, 15) is 9.59 Å². The average molecular weight is 358 g/mol. The first-order valence-electron chi connectivity index (χ1n) is 9.54. The second-order valence-corrected chi connectivity index (χ2v) is 7.35. The van der Waals surface area contributed by atoms with Crippen molar-refractivity contribution in [3.63, 3.8) is 0 Å². The Balaban J connectivity index is 1.66. The van der Waals surface area contributed by atoms with Crippen LogP contribution in [0.1, 0.15) is 38.1 Å². The van der Waals surface area contributed by atoms with Gasteiger partial charge in [0.05, 0.1) is 24.7 Å². The van der Waals surface area contributed by atoms with Gasteiger partial charge in [0, 0.05) is 32.3 Å². The van der Waals surface area contributed by atoms with Crippen molar-refractivity contribution in [3.05, 3.63) is 28.8 Å². The molecule has 3 heterocycles. The molecule has 2 aromatic heterocycles. The zero-order chi connectivity index (χ0) is 18.1. The maximum atomic E-state index is 13.1. The highest BCUT2D eigenvalue weighted by atomic mass is 16.5. The molecule has 1 amide bonds. The summed E-state index contributed by atoms with van der Waals surface area (Å²) in [6, 6.07) is 3.76. The second-order valence-electron chi connectivity index (χ2n) is 7.35. The molecule has 0 N–H and O–H groups in total. The number of imidazole rings is 1. The van der Waals surface area contributed by atoms with Crippen LogP contribution in [0.3, 0.4) is 0 Å². The SMILES string of the molecule is COCCn1c(=O)n([C@H]2CCCN(C(=O)C3CCC3)C2)c2ncccc21. The van der Waals surface area contributed by atoms with Crippen molar-refractivity contribution in [2.45, 2.75) is 44.7 Å². The smallest absolute Gasteiger partial charge is 0.330 e. The van der Waals surface area contributed by atoms with Gasteiger partial charge in [-0.25, -0.2) is 9.78 Å². The molecule has 7 nitrogen and oxygen atoms in total. The van der Waals surface area contributed by atoms with Crippen molar-refractivity contribution in [2.75, 3.05) is 26.8 Å². The lowest BCUT2D eigenvalue weighted by Gasteiger charge is -2.37. The molecule has 140 valence electrons. The summed E-state index contributed by atoms with van der Waals surface area (Å²) >= 11 is 0. The number of likely N-dealkylation sites (tertiary alicyclic amines) is 1. The Hall–Kier alpha value is -2.15. The van der Waals surface area contributed by atoms with Gasteiger partial charge >= 0.3 is 5.69 Å². The molecule has 1 saturated heterocycles. The molecule has 1 saturated carbocycles. The monoisotopic (exact) mass is 358 g/mol. The summed E-state index contributed by atoms with van der Waals surface area (Å²) in [5, 5.41) is 0. The van der Waals surface area contributed by atoms with E-state index in [1.165, 1.54) is 0 Å². The number of rotatable bonds is 5. The van der Waals surface area contributed by atoms with E-state index in [2.05, 4.69) is 4.98 Å². The fourth-order valence-electron chi connectivity index (χ4n) is 4.12. The zero-order valence-electron chi connectivity index (χ0n) is 15.3. The Morgan fingerprint density at radius 1 is 1.31 bits per heavy atom. The summed E-state index contributed by atoms with van der Waals surface area (Å²) in [6.07, 6.45) is 6.72.